The number of fused-ring (bicyclic) bond motifs is 9. The van der Waals surface area contributed by atoms with Crippen LogP contribution < -0.4 is 0 Å². The second kappa shape index (κ2) is 12.2. The topological polar surface area (TPSA) is 43.6 Å². The number of hydrogen-bond acceptors (Lipinski definition) is 4. The van der Waals surface area contributed by atoms with Gasteiger partial charge in [0.25, 0.3) is 0 Å². The molecule has 0 atom stereocenters. The van der Waals surface area contributed by atoms with Crippen molar-refractivity contribution in [1.29, 1.82) is 0 Å². The van der Waals surface area contributed by atoms with Crippen LogP contribution in [0.3, 0.4) is 0 Å². The highest BCUT2D eigenvalue weighted by molar-refractivity contribution is 7.26. The first kappa shape index (κ1) is 31.2. The lowest BCUT2D eigenvalue weighted by Crippen LogP contribution is -2.01. The molecule has 5 heteroatoms. The summed E-state index contributed by atoms with van der Waals surface area (Å²) in [4.78, 5) is 15.9. The molecule has 4 nitrogen and oxygen atoms in total. The normalized spacial score (nSPS) is 11.9. The van der Waals surface area contributed by atoms with Gasteiger partial charge in [-0.3, -0.25) is 0 Å². The van der Waals surface area contributed by atoms with Gasteiger partial charge in [-0.2, -0.15) is 0 Å². The zero-order chi connectivity index (χ0) is 36.7. The van der Waals surface area contributed by atoms with Crippen LogP contribution in [0.15, 0.2) is 182 Å². The Bertz CT molecular complexity index is 3550. The van der Waals surface area contributed by atoms with Crippen LogP contribution in [0.2, 0.25) is 0 Å². The van der Waals surface area contributed by atoms with Crippen molar-refractivity contribution in [2.45, 2.75) is 0 Å². The fraction of sp³-hybridized carbons (Fsp3) is 0. The summed E-state index contributed by atoms with van der Waals surface area (Å²) in [7, 11) is 0. The average Bonchev–Trinajstić information content (AvgIpc) is 3.81. The molecular weight excluding hydrogens is 701 g/mol. The molecule has 9 aromatic carbocycles. The van der Waals surface area contributed by atoms with Crippen LogP contribution in [0, 0.1) is 0 Å². The number of hydrogen-bond donors (Lipinski definition) is 0. The number of aromatic nitrogens is 4. The van der Waals surface area contributed by atoms with Gasteiger partial charge < -0.3 is 4.57 Å². The Labute approximate surface area is 325 Å². The highest BCUT2D eigenvalue weighted by Gasteiger charge is 2.22. The van der Waals surface area contributed by atoms with Crippen molar-refractivity contribution < 1.29 is 0 Å². The summed E-state index contributed by atoms with van der Waals surface area (Å²) in [6.07, 6.45) is 0. The molecule has 12 rings (SSSR count). The molecule has 3 aromatic heterocycles. The second-order valence-corrected chi connectivity index (χ2v) is 15.5. The van der Waals surface area contributed by atoms with E-state index in [0.29, 0.717) is 17.5 Å². The summed E-state index contributed by atoms with van der Waals surface area (Å²) in [6, 6.07) is 65.0. The van der Waals surface area contributed by atoms with Gasteiger partial charge in [-0.1, -0.05) is 140 Å². The Balaban J connectivity index is 1.16. The number of benzene rings is 9. The Morgan fingerprint density at radius 1 is 0.375 bits per heavy atom. The summed E-state index contributed by atoms with van der Waals surface area (Å²) >= 11 is 1.80. The van der Waals surface area contributed by atoms with Crippen molar-refractivity contribution in [3.05, 3.63) is 182 Å². The van der Waals surface area contributed by atoms with E-state index in [1.165, 1.54) is 53.4 Å². The maximum Gasteiger partial charge on any atom is 0.165 e. The van der Waals surface area contributed by atoms with Crippen LogP contribution in [-0.4, -0.2) is 19.5 Å². The molecule has 0 aliphatic rings. The first-order chi connectivity index (χ1) is 27.7. The van der Waals surface area contributed by atoms with E-state index in [-0.39, 0.29) is 0 Å². The molecule has 0 saturated heterocycles. The molecule has 0 radical (unpaired) electrons. The standard InChI is InChI=1S/C51H30N4S/c1-2-14-33-28-36(25-24-31(33)12-1)49-52-50(39-21-11-17-32-13-5-6-18-37(32)39)54-51(53-49)41-26-27-44(47-40-20-8-10-23-46(40)56-48(41)47)55-43-22-9-7-19-38(43)42-29-34-15-3-4-16-35(34)30-45(42)55/h1-30H. The summed E-state index contributed by atoms with van der Waals surface area (Å²) < 4.78 is 4.83. The molecule has 0 N–H and O–H groups in total. The third-order valence-electron chi connectivity index (χ3n) is 11.2. The SMILES string of the molecule is c1ccc2cc(-c3nc(-c4cccc5ccccc45)nc(-c4ccc(-n5c6ccccc6c6cc7ccccc7cc65)c5c4sc4ccccc45)n3)ccc2c1. The minimum atomic E-state index is 0.649. The summed E-state index contributed by atoms with van der Waals surface area (Å²) in [5.74, 6) is 1.96. The molecule has 260 valence electrons. The Morgan fingerprint density at radius 3 is 1.84 bits per heavy atom. The molecule has 0 saturated carbocycles. The van der Waals surface area contributed by atoms with Gasteiger partial charge in [0.1, 0.15) is 0 Å². The quantitative estimate of drug-likeness (QED) is 0.181. The average molecular weight is 731 g/mol. The maximum absolute atomic E-state index is 5.34. The van der Waals surface area contributed by atoms with E-state index in [2.05, 4.69) is 187 Å². The second-order valence-electron chi connectivity index (χ2n) is 14.4. The number of para-hydroxylation sites is 1. The van der Waals surface area contributed by atoms with Crippen LogP contribution in [-0.2, 0) is 0 Å². The lowest BCUT2D eigenvalue weighted by molar-refractivity contribution is 1.08. The largest absolute Gasteiger partial charge is 0.309 e. The van der Waals surface area contributed by atoms with Crippen LogP contribution in [0.4, 0.5) is 0 Å². The highest BCUT2D eigenvalue weighted by Crippen LogP contribution is 2.45. The Morgan fingerprint density at radius 2 is 1.00 bits per heavy atom. The number of nitrogens with zero attached hydrogens (tertiary/aromatic N) is 4. The van der Waals surface area contributed by atoms with Crippen molar-refractivity contribution in [2.24, 2.45) is 0 Å². The first-order valence-electron chi connectivity index (χ1n) is 18.9. The molecule has 0 unspecified atom stereocenters. The molecule has 0 aliphatic carbocycles. The Hall–Kier alpha value is -7.21. The summed E-state index contributed by atoms with van der Waals surface area (Å²) in [5.41, 5.74) is 6.43. The Kier molecular flexibility index (Phi) is 6.76. The molecule has 0 amide bonds. The van der Waals surface area contributed by atoms with Crippen molar-refractivity contribution in [3.63, 3.8) is 0 Å². The van der Waals surface area contributed by atoms with Crippen LogP contribution >= 0.6 is 11.3 Å². The predicted octanol–water partition coefficient (Wildman–Crippen LogP) is 13.8. The zero-order valence-corrected chi connectivity index (χ0v) is 30.8. The van der Waals surface area contributed by atoms with Crippen LogP contribution in [0.5, 0.6) is 0 Å². The zero-order valence-electron chi connectivity index (χ0n) is 30.0. The maximum atomic E-state index is 5.34. The van der Waals surface area contributed by atoms with Crippen LogP contribution in [0.25, 0.3) is 114 Å². The van der Waals surface area contributed by atoms with E-state index >= 15 is 0 Å². The van der Waals surface area contributed by atoms with E-state index in [9.17, 15) is 0 Å². The fourth-order valence-corrected chi connectivity index (χ4v) is 9.82. The van der Waals surface area contributed by atoms with Gasteiger partial charge in [-0.15, -0.1) is 11.3 Å². The molecule has 0 aliphatic heterocycles. The van der Waals surface area contributed by atoms with Gasteiger partial charge >= 0.3 is 0 Å². The van der Waals surface area contributed by atoms with Gasteiger partial charge in [0, 0.05) is 47.6 Å². The molecular formula is C51H30N4S. The van der Waals surface area contributed by atoms with Crippen molar-refractivity contribution in [3.8, 4) is 39.9 Å². The lowest BCUT2D eigenvalue weighted by Gasteiger charge is -2.14. The number of thiophene rings is 1. The lowest BCUT2D eigenvalue weighted by atomic mass is 10.0. The highest BCUT2D eigenvalue weighted by atomic mass is 32.1. The van der Waals surface area contributed by atoms with Gasteiger partial charge in [0.15, 0.2) is 17.5 Å². The minimum Gasteiger partial charge on any atom is -0.309 e. The van der Waals surface area contributed by atoms with E-state index in [4.69, 9.17) is 15.0 Å². The molecule has 12 aromatic rings. The van der Waals surface area contributed by atoms with Gasteiger partial charge in [0.05, 0.1) is 16.7 Å². The number of rotatable bonds is 4. The third-order valence-corrected chi connectivity index (χ3v) is 12.4. The first-order valence-corrected chi connectivity index (χ1v) is 19.7. The van der Waals surface area contributed by atoms with Crippen molar-refractivity contribution in [1.82, 2.24) is 19.5 Å². The molecule has 0 fully saturated rings. The summed E-state index contributed by atoms with van der Waals surface area (Å²) in [5, 5.41) is 11.9. The molecule has 0 bridgehead atoms. The van der Waals surface area contributed by atoms with Gasteiger partial charge in [-0.25, -0.2) is 15.0 Å². The summed E-state index contributed by atoms with van der Waals surface area (Å²) in [6.45, 7) is 0. The van der Waals surface area contributed by atoms with Crippen molar-refractivity contribution >= 4 is 85.6 Å². The van der Waals surface area contributed by atoms with E-state index in [1.807, 2.05) is 0 Å². The van der Waals surface area contributed by atoms with Crippen LogP contribution in [0.1, 0.15) is 0 Å². The molecule has 3 heterocycles. The predicted molar refractivity (Wildman–Crippen MR) is 236 cm³/mol. The third kappa shape index (κ3) is 4.75. The van der Waals surface area contributed by atoms with E-state index < -0.39 is 0 Å². The van der Waals surface area contributed by atoms with E-state index in [1.54, 1.807) is 11.3 Å². The van der Waals surface area contributed by atoms with Crippen molar-refractivity contribution in [2.75, 3.05) is 0 Å². The monoisotopic (exact) mass is 730 g/mol. The van der Waals surface area contributed by atoms with E-state index in [0.717, 1.165) is 43.2 Å². The van der Waals surface area contributed by atoms with Gasteiger partial charge in [-0.05, 0) is 74.8 Å². The molecule has 56 heavy (non-hydrogen) atoms. The molecule has 0 spiro atoms. The van der Waals surface area contributed by atoms with Gasteiger partial charge in [0.2, 0.25) is 0 Å². The smallest absolute Gasteiger partial charge is 0.165 e. The fourth-order valence-electron chi connectivity index (χ4n) is 8.58. The minimum absolute atomic E-state index is 0.649.